The third-order valence-electron chi connectivity index (χ3n) is 5.88. The molecule has 1 aliphatic rings. The molecule has 5 rings (SSSR count). The fourth-order valence-electron chi connectivity index (χ4n) is 4.42. The Hall–Kier alpha value is -2.89. The monoisotopic (exact) mass is 386 g/mol. The zero-order valence-electron chi connectivity index (χ0n) is 16.6. The molecule has 2 atom stereocenters. The molecule has 5 heteroatoms. The van der Waals surface area contributed by atoms with E-state index in [0.717, 1.165) is 41.9 Å². The van der Waals surface area contributed by atoms with Gasteiger partial charge in [-0.1, -0.05) is 30.3 Å². The lowest BCUT2D eigenvalue weighted by atomic mass is 9.92. The van der Waals surface area contributed by atoms with Crippen LogP contribution in [-0.2, 0) is 13.6 Å². The van der Waals surface area contributed by atoms with Gasteiger partial charge in [-0.3, -0.25) is 0 Å². The van der Waals surface area contributed by atoms with Crippen LogP contribution in [0.5, 0.6) is 0 Å². The van der Waals surface area contributed by atoms with Gasteiger partial charge in [-0.25, -0.2) is 4.98 Å². The zero-order valence-corrected chi connectivity index (χ0v) is 16.6. The highest BCUT2D eigenvalue weighted by atomic mass is 16.3. The molecular weight excluding hydrogens is 360 g/mol. The van der Waals surface area contributed by atoms with E-state index in [4.69, 9.17) is 4.42 Å². The molecule has 3 heterocycles. The second-order valence-corrected chi connectivity index (χ2v) is 7.81. The predicted octanol–water partition coefficient (Wildman–Crippen LogP) is 4.42. The average molecular weight is 386 g/mol. The molecule has 0 amide bonds. The maximum absolute atomic E-state index is 5.82. The van der Waals surface area contributed by atoms with Gasteiger partial charge in [0.15, 0.2) is 0 Å². The third kappa shape index (κ3) is 3.59. The van der Waals surface area contributed by atoms with Crippen molar-refractivity contribution in [2.45, 2.75) is 31.5 Å². The number of hydrogen-bond donors (Lipinski definition) is 2. The summed E-state index contributed by atoms with van der Waals surface area (Å²) in [6.45, 7) is 1.83. The maximum Gasteiger partial charge on any atom is 0.139 e. The minimum Gasteiger partial charge on any atom is -0.464 e. The number of aryl methyl sites for hydroxylation is 1. The highest BCUT2D eigenvalue weighted by Crippen LogP contribution is 2.29. The van der Waals surface area contributed by atoms with Crippen LogP contribution in [0, 0.1) is 0 Å². The Labute approximate surface area is 170 Å². The quantitative estimate of drug-likeness (QED) is 0.533. The minimum atomic E-state index is 0.328. The van der Waals surface area contributed by atoms with Crippen molar-refractivity contribution in [1.82, 2.24) is 20.2 Å². The number of nitrogens with zero attached hydrogens (tertiary/aromatic N) is 2. The SMILES string of the molecule is Cn1ccnc1-c1cc(CN[C@H]2CCCN[C@H]2c2ccccc2)c2occc2c1. The molecule has 1 fully saturated rings. The van der Waals surface area contributed by atoms with Gasteiger partial charge in [-0.15, -0.1) is 0 Å². The van der Waals surface area contributed by atoms with E-state index in [2.05, 4.69) is 62.6 Å². The molecule has 0 unspecified atom stereocenters. The van der Waals surface area contributed by atoms with Crippen molar-refractivity contribution in [3.05, 3.63) is 78.3 Å². The standard InChI is InChI=1S/C24H26N4O/c1-28-12-11-26-24(28)19-14-18-9-13-29-23(18)20(15-19)16-27-21-8-5-10-25-22(21)17-6-3-2-4-7-17/h2-4,6-7,9,11-15,21-22,25,27H,5,8,10,16H2,1H3/t21-,22-/m0/s1. The van der Waals surface area contributed by atoms with Crippen molar-refractivity contribution in [3.63, 3.8) is 0 Å². The number of rotatable bonds is 5. The summed E-state index contributed by atoms with van der Waals surface area (Å²) < 4.78 is 7.87. The van der Waals surface area contributed by atoms with E-state index in [1.54, 1.807) is 6.26 Å². The first-order valence-electron chi connectivity index (χ1n) is 10.3. The van der Waals surface area contributed by atoms with E-state index in [9.17, 15) is 0 Å². The Balaban J connectivity index is 1.42. The normalized spacial score (nSPS) is 19.6. The topological polar surface area (TPSA) is 55.0 Å². The van der Waals surface area contributed by atoms with E-state index < -0.39 is 0 Å². The van der Waals surface area contributed by atoms with Crippen molar-refractivity contribution in [1.29, 1.82) is 0 Å². The molecule has 2 aromatic heterocycles. The van der Waals surface area contributed by atoms with Gasteiger partial charge in [0.1, 0.15) is 11.4 Å². The smallest absolute Gasteiger partial charge is 0.139 e. The number of aromatic nitrogens is 2. The van der Waals surface area contributed by atoms with Gasteiger partial charge in [-0.05, 0) is 43.1 Å². The number of hydrogen-bond acceptors (Lipinski definition) is 4. The summed E-state index contributed by atoms with van der Waals surface area (Å²) in [6, 6.07) is 17.8. The largest absolute Gasteiger partial charge is 0.464 e. The summed E-state index contributed by atoms with van der Waals surface area (Å²) in [5.41, 5.74) is 4.58. The van der Waals surface area contributed by atoms with Crippen LogP contribution in [0.4, 0.5) is 0 Å². The van der Waals surface area contributed by atoms with Gasteiger partial charge < -0.3 is 19.6 Å². The molecule has 0 radical (unpaired) electrons. The van der Waals surface area contributed by atoms with Crippen LogP contribution in [-0.4, -0.2) is 22.1 Å². The van der Waals surface area contributed by atoms with Crippen molar-refractivity contribution < 1.29 is 4.42 Å². The molecule has 29 heavy (non-hydrogen) atoms. The molecule has 1 aliphatic heterocycles. The lowest BCUT2D eigenvalue weighted by Crippen LogP contribution is -2.45. The summed E-state index contributed by atoms with van der Waals surface area (Å²) in [5, 5.41) is 8.62. The first kappa shape index (κ1) is 18.2. The van der Waals surface area contributed by atoms with Crippen LogP contribution in [0.3, 0.4) is 0 Å². The van der Waals surface area contributed by atoms with E-state index >= 15 is 0 Å². The summed E-state index contributed by atoms with van der Waals surface area (Å²) >= 11 is 0. The van der Waals surface area contributed by atoms with Gasteiger partial charge in [0.25, 0.3) is 0 Å². The Morgan fingerprint density at radius 2 is 2.10 bits per heavy atom. The first-order chi connectivity index (χ1) is 14.3. The number of furan rings is 1. The van der Waals surface area contributed by atoms with Gasteiger partial charge in [-0.2, -0.15) is 0 Å². The molecule has 2 N–H and O–H groups in total. The number of benzene rings is 2. The molecule has 148 valence electrons. The van der Waals surface area contributed by atoms with E-state index in [1.165, 1.54) is 17.5 Å². The van der Waals surface area contributed by atoms with Crippen molar-refractivity contribution in [2.24, 2.45) is 7.05 Å². The van der Waals surface area contributed by atoms with Gasteiger partial charge in [0.2, 0.25) is 0 Å². The average Bonchev–Trinajstić information content (AvgIpc) is 3.41. The fraction of sp³-hybridized carbons (Fsp3) is 0.292. The van der Waals surface area contributed by atoms with Gasteiger partial charge >= 0.3 is 0 Å². The fourth-order valence-corrected chi connectivity index (χ4v) is 4.42. The van der Waals surface area contributed by atoms with Crippen LogP contribution in [0.1, 0.15) is 30.0 Å². The number of imidazole rings is 1. The molecular formula is C24H26N4O. The van der Waals surface area contributed by atoms with E-state index in [-0.39, 0.29) is 0 Å². The van der Waals surface area contributed by atoms with E-state index in [0.29, 0.717) is 12.1 Å². The summed E-state index contributed by atoms with van der Waals surface area (Å²) in [5.74, 6) is 0.968. The van der Waals surface area contributed by atoms with Crippen LogP contribution in [0.15, 0.2) is 71.6 Å². The van der Waals surface area contributed by atoms with Crippen molar-refractivity contribution in [2.75, 3.05) is 6.54 Å². The Morgan fingerprint density at radius 3 is 2.93 bits per heavy atom. The lowest BCUT2D eigenvalue weighted by Gasteiger charge is -2.34. The van der Waals surface area contributed by atoms with Crippen LogP contribution in [0.2, 0.25) is 0 Å². The maximum atomic E-state index is 5.82. The lowest BCUT2D eigenvalue weighted by molar-refractivity contribution is 0.304. The molecule has 5 nitrogen and oxygen atoms in total. The van der Waals surface area contributed by atoms with Crippen molar-refractivity contribution in [3.8, 4) is 11.4 Å². The molecule has 1 saturated heterocycles. The number of fused-ring (bicyclic) bond motifs is 1. The Kier molecular flexibility index (Phi) is 4.92. The highest BCUT2D eigenvalue weighted by molar-refractivity contribution is 5.85. The molecule has 2 aromatic carbocycles. The Morgan fingerprint density at radius 1 is 1.21 bits per heavy atom. The zero-order chi connectivity index (χ0) is 19.6. The molecule has 0 bridgehead atoms. The minimum absolute atomic E-state index is 0.328. The second-order valence-electron chi connectivity index (χ2n) is 7.81. The molecule has 0 aliphatic carbocycles. The predicted molar refractivity (Wildman–Crippen MR) is 115 cm³/mol. The number of nitrogens with one attached hydrogen (secondary N) is 2. The molecule has 4 aromatic rings. The molecule has 0 saturated carbocycles. The third-order valence-corrected chi connectivity index (χ3v) is 5.88. The molecule has 0 spiro atoms. The van der Waals surface area contributed by atoms with Gasteiger partial charge in [0, 0.05) is 54.6 Å². The summed E-state index contributed by atoms with van der Waals surface area (Å²) in [4.78, 5) is 4.52. The van der Waals surface area contributed by atoms with Gasteiger partial charge in [0.05, 0.1) is 6.26 Å². The second kappa shape index (κ2) is 7.85. The Bertz CT molecular complexity index is 1100. The van der Waals surface area contributed by atoms with Crippen LogP contribution < -0.4 is 10.6 Å². The van der Waals surface area contributed by atoms with Crippen molar-refractivity contribution >= 4 is 11.0 Å². The highest BCUT2D eigenvalue weighted by Gasteiger charge is 2.26. The summed E-state index contributed by atoms with van der Waals surface area (Å²) in [6.07, 6.45) is 7.93. The number of piperidine rings is 1. The van der Waals surface area contributed by atoms with E-state index in [1.807, 2.05) is 25.5 Å². The first-order valence-corrected chi connectivity index (χ1v) is 10.3. The van der Waals surface area contributed by atoms with Crippen LogP contribution in [0.25, 0.3) is 22.4 Å². The summed E-state index contributed by atoms with van der Waals surface area (Å²) in [7, 11) is 2.03. The van der Waals surface area contributed by atoms with Crippen LogP contribution >= 0.6 is 0 Å².